The Morgan fingerprint density at radius 3 is 2.68 bits per heavy atom. The van der Waals surface area contributed by atoms with Crippen molar-refractivity contribution in [2.75, 3.05) is 0 Å². The maximum Gasteiger partial charge on any atom is 0.248 e. The number of carbonyl (C=O) groups excluding carboxylic acids is 2. The third-order valence-corrected chi connectivity index (χ3v) is 3.98. The van der Waals surface area contributed by atoms with Crippen LogP contribution in [-0.2, 0) is 4.79 Å². The van der Waals surface area contributed by atoms with Crippen molar-refractivity contribution < 1.29 is 9.59 Å². The number of allylic oxidation sites excluding steroid dienone is 4. The lowest BCUT2D eigenvalue weighted by molar-refractivity contribution is -0.116. The van der Waals surface area contributed by atoms with Crippen LogP contribution in [0, 0.1) is 11.8 Å². The molecule has 1 amide bonds. The molecule has 19 heavy (non-hydrogen) atoms. The predicted molar refractivity (Wildman–Crippen MR) is 71.1 cm³/mol. The van der Waals surface area contributed by atoms with E-state index in [4.69, 9.17) is 0 Å². The smallest absolute Gasteiger partial charge is 0.248 e. The van der Waals surface area contributed by atoms with Crippen LogP contribution in [0.1, 0.15) is 15.9 Å². The number of hydrogen-bond donors (Lipinski definition) is 1. The van der Waals surface area contributed by atoms with Gasteiger partial charge < -0.3 is 5.32 Å². The van der Waals surface area contributed by atoms with E-state index in [2.05, 4.69) is 5.32 Å². The van der Waals surface area contributed by atoms with Crippen molar-refractivity contribution in [3.05, 3.63) is 65.4 Å². The maximum absolute atomic E-state index is 12.5. The first-order chi connectivity index (χ1) is 9.25. The van der Waals surface area contributed by atoms with Crippen molar-refractivity contribution in [2.45, 2.75) is 0 Å². The van der Waals surface area contributed by atoms with Crippen molar-refractivity contribution in [2.24, 2.45) is 11.8 Å². The van der Waals surface area contributed by atoms with Gasteiger partial charge in [0.1, 0.15) is 0 Å². The number of amides is 1. The van der Waals surface area contributed by atoms with Crippen LogP contribution in [0.15, 0.2) is 54.3 Å². The Hall–Kier alpha value is -2.42. The molecule has 92 valence electrons. The average Bonchev–Trinajstić information content (AvgIpc) is 2.44. The summed E-state index contributed by atoms with van der Waals surface area (Å²) in [5.74, 6) is -0.210. The average molecular weight is 249 g/mol. The lowest BCUT2D eigenvalue weighted by Gasteiger charge is -2.38. The number of carbonyl (C=O) groups is 2. The van der Waals surface area contributed by atoms with Gasteiger partial charge in [0.15, 0.2) is 5.78 Å². The van der Waals surface area contributed by atoms with Crippen LogP contribution in [-0.4, -0.2) is 11.7 Å². The Bertz CT molecular complexity index is 709. The fourth-order valence-corrected chi connectivity index (χ4v) is 3.19. The van der Waals surface area contributed by atoms with E-state index in [0.717, 1.165) is 22.4 Å². The third kappa shape index (κ3) is 1.32. The van der Waals surface area contributed by atoms with Gasteiger partial charge in [-0.25, -0.2) is 0 Å². The number of hydrogen-bond acceptors (Lipinski definition) is 2. The minimum atomic E-state index is -0.193. The Morgan fingerprint density at radius 2 is 1.84 bits per heavy atom. The van der Waals surface area contributed by atoms with Crippen molar-refractivity contribution in [3.63, 3.8) is 0 Å². The number of rotatable bonds is 0. The largest absolute Gasteiger partial charge is 0.326 e. The number of nitrogens with one attached hydrogen (secondary N) is 1. The molecule has 0 aromatic heterocycles. The molecule has 0 saturated heterocycles. The molecule has 0 saturated carbocycles. The van der Waals surface area contributed by atoms with Crippen molar-refractivity contribution in [3.8, 4) is 0 Å². The van der Waals surface area contributed by atoms with Gasteiger partial charge in [-0.3, -0.25) is 9.59 Å². The topological polar surface area (TPSA) is 46.2 Å². The highest BCUT2D eigenvalue weighted by Crippen LogP contribution is 2.45. The molecule has 1 N–H and O–H groups in total. The van der Waals surface area contributed by atoms with E-state index >= 15 is 0 Å². The third-order valence-electron chi connectivity index (χ3n) is 3.98. The summed E-state index contributed by atoms with van der Waals surface area (Å²) in [5.41, 5.74) is 3.40. The zero-order chi connectivity index (χ0) is 13.0. The Kier molecular flexibility index (Phi) is 1.96. The van der Waals surface area contributed by atoms with Gasteiger partial charge in [-0.05, 0) is 17.2 Å². The Balaban J connectivity index is 2.04. The number of ketones is 1. The minimum absolute atomic E-state index is 0.0369. The monoisotopic (exact) mass is 249 g/mol. The van der Waals surface area contributed by atoms with Gasteiger partial charge in [-0.2, -0.15) is 0 Å². The molecular weight excluding hydrogens is 238 g/mol. The summed E-state index contributed by atoms with van der Waals surface area (Å²) in [6.45, 7) is 0. The second kappa shape index (κ2) is 3.54. The lowest BCUT2D eigenvalue weighted by Crippen LogP contribution is -2.41. The molecule has 1 aliphatic heterocycles. The van der Waals surface area contributed by atoms with E-state index in [0.29, 0.717) is 0 Å². The van der Waals surface area contributed by atoms with Crippen LogP contribution in [0.2, 0.25) is 0 Å². The molecule has 3 nitrogen and oxygen atoms in total. The lowest BCUT2D eigenvalue weighted by atomic mass is 9.67. The van der Waals surface area contributed by atoms with Gasteiger partial charge in [0.05, 0.1) is 5.92 Å². The van der Waals surface area contributed by atoms with Gasteiger partial charge in [0.2, 0.25) is 5.91 Å². The molecule has 0 spiro atoms. The van der Waals surface area contributed by atoms with E-state index in [-0.39, 0.29) is 23.5 Å². The summed E-state index contributed by atoms with van der Waals surface area (Å²) >= 11 is 0. The van der Waals surface area contributed by atoms with Gasteiger partial charge in [-0.15, -0.1) is 0 Å². The molecular formula is C16H11NO2. The molecule has 2 aliphatic carbocycles. The Morgan fingerprint density at radius 1 is 1.05 bits per heavy atom. The van der Waals surface area contributed by atoms with E-state index < -0.39 is 0 Å². The highest BCUT2D eigenvalue weighted by molar-refractivity contribution is 6.12. The van der Waals surface area contributed by atoms with Crippen LogP contribution in [0.4, 0.5) is 0 Å². The van der Waals surface area contributed by atoms with Crippen LogP contribution < -0.4 is 5.32 Å². The first-order valence-corrected chi connectivity index (χ1v) is 6.30. The fourth-order valence-electron chi connectivity index (χ4n) is 3.19. The predicted octanol–water partition coefficient (Wildman–Crippen LogP) is 2.08. The summed E-state index contributed by atoms with van der Waals surface area (Å²) < 4.78 is 0. The highest BCUT2D eigenvalue weighted by atomic mass is 16.1. The van der Waals surface area contributed by atoms with E-state index in [1.54, 1.807) is 6.08 Å². The minimum Gasteiger partial charge on any atom is -0.326 e. The van der Waals surface area contributed by atoms with Crippen LogP contribution in [0.25, 0.3) is 5.57 Å². The molecule has 0 bridgehead atoms. The molecule has 1 aromatic carbocycles. The molecule has 3 aliphatic rings. The van der Waals surface area contributed by atoms with Crippen LogP contribution in [0.5, 0.6) is 0 Å². The van der Waals surface area contributed by atoms with Gasteiger partial charge in [0, 0.05) is 23.3 Å². The quantitative estimate of drug-likeness (QED) is 0.765. The number of fused-ring (bicyclic) bond motifs is 2. The molecule has 2 atom stereocenters. The molecule has 0 radical (unpaired) electrons. The SMILES string of the molecule is O=C1C=C2c3ccccc3C(=O)C3C=CC=C(N1)C23. The van der Waals surface area contributed by atoms with E-state index in [1.165, 1.54) is 0 Å². The number of Topliss-reactive ketones (excluding diaryl/α,β-unsaturated/α-hetero) is 1. The molecule has 1 aromatic rings. The van der Waals surface area contributed by atoms with Gasteiger partial charge in [0.25, 0.3) is 0 Å². The van der Waals surface area contributed by atoms with Crippen molar-refractivity contribution in [1.82, 2.24) is 5.32 Å². The summed E-state index contributed by atoms with van der Waals surface area (Å²) in [7, 11) is 0. The van der Waals surface area contributed by atoms with E-state index in [9.17, 15) is 9.59 Å². The summed E-state index contributed by atoms with van der Waals surface area (Å²) in [4.78, 5) is 24.3. The van der Waals surface area contributed by atoms with Gasteiger partial charge in [-0.1, -0.05) is 36.4 Å². The van der Waals surface area contributed by atoms with Gasteiger partial charge >= 0.3 is 0 Å². The molecule has 0 fully saturated rings. The zero-order valence-corrected chi connectivity index (χ0v) is 10.1. The van der Waals surface area contributed by atoms with Crippen LogP contribution in [0.3, 0.4) is 0 Å². The normalized spacial score (nSPS) is 26.9. The number of benzene rings is 1. The fraction of sp³-hybridized carbons (Fsp3) is 0.125. The standard InChI is InChI=1S/C16H11NO2/c18-14-8-12-9-4-1-2-5-10(9)16(19)11-6-3-7-13(17-14)15(11)12/h1-8,11,15H,(H,17,18). The second-order valence-electron chi connectivity index (χ2n) is 5.01. The zero-order valence-electron chi connectivity index (χ0n) is 10.1. The first kappa shape index (κ1) is 10.5. The van der Waals surface area contributed by atoms with E-state index in [1.807, 2.05) is 42.5 Å². The second-order valence-corrected chi connectivity index (χ2v) is 5.01. The molecule has 2 unspecified atom stereocenters. The van der Waals surface area contributed by atoms with Crippen molar-refractivity contribution >= 4 is 17.3 Å². The Labute approximate surface area is 110 Å². The maximum atomic E-state index is 12.5. The molecule has 1 heterocycles. The molecule has 4 rings (SSSR count). The highest BCUT2D eigenvalue weighted by Gasteiger charge is 2.42. The summed E-state index contributed by atoms with van der Waals surface area (Å²) in [6.07, 6.45) is 7.29. The first-order valence-electron chi connectivity index (χ1n) is 6.30. The summed E-state index contributed by atoms with van der Waals surface area (Å²) in [6, 6.07) is 7.53. The van der Waals surface area contributed by atoms with Crippen LogP contribution >= 0.6 is 0 Å². The molecule has 3 heteroatoms. The summed E-state index contributed by atoms with van der Waals surface area (Å²) in [5, 5.41) is 2.84. The van der Waals surface area contributed by atoms with Crippen molar-refractivity contribution in [1.29, 1.82) is 0 Å².